The summed E-state index contributed by atoms with van der Waals surface area (Å²) in [6.45, 7) is 1.91. The summed E-state index contributed by atoms with van der Waals surface area (Å²) in [4.78, 5) is 12.5. The van der Waals surface area contributed by atoms with Gasteiger partial charge in [-0.25, -0.2) is 0 Å². The van der Waals surface area contributed by atoms with E-state index in [2.05, 4.69) is 21.1 Å². The first-order valence-corrected chi connectivity index (χ1v) is 12.2. The fourth-order valence-corrected chi connectivity index (χ4v) is 3.83. The molecule has 176 valence electrons. The average Bonchev–Trinajstić information content (AvgIpc) is 2.76. The molecule has 0 atom stereocenters. The molecule has 32 heavy (non-hydrogen) atoms. The van der Waals surface area contributed by atoms with E-state index in [0.717, 1.165) is 10.9 Å². The van der Waals surface area contributed by atoms with Crippen molar-refractivity contribution in [1.29, 1.82) is 0 Å². The number of nitrogens with zero attached hydrogens (tertiary/aromatic N) is 1. The number of hydrogen-bond donors (Lipinski definition) is 1. The smallest absolute Gasteiger partial charge is 0.196 e. The lowest BCUT2D eigenvalue weighted by atomic mass is 10.0. The molecule has 0 aromatic heterocycles. The van der Waals surface area contributed by atoms with Crippen molar-refractivity contribution >= 4 is 5.78 Å². The van der Waals surface area contributed by atoms with Gasteiger partial charge in [0.1, 0.15) is 11.5 Å². The molecule has 0 fully saturated rings. The van der Waals surface area contributed by atoms with Gasteiger partial charge in [0, 0.05) is 11.6 Å². The molecule has 0 unspecified atom stereocenters. The highest BCUT2D eigenvalue weighted by Gasteiger charge is 2.14. The molecule has 0 radical (unpaired) electrons. The van der Waals surface area contributed by atoms with E-state index >= 15 is 0 Å². The van der Waals surface area contributed by atoms with E-state index in [1.807, 2.05) is 18.2 Å². The number of carbonyl (C=O) groups is 1. The van der Waals surface area contributed by atoms with Gasteiger partial charge in [-0.15, -0.1) is 0 Å². The van der Waals surface area contributed by atoms with E-state index in [1.54, 1.807) is 24.3 Å². The quantitative estimate of drug-likeness (QED) is 0.181. The number of carbonyl (C=O) groups excluding carboxylic acids is 1. The van der Waals surface area contributed by atoms with Gasteiger partial charge in [0.05, 0.1) is 39.9 Å². The molecular formula is C28H42NO3+. The molecule has 4 nitrogen and oxygen atoms in total. The molecule has 4 heteroatoms. The second kappa shape index (κ2) is 13.9. The van der Waals surface area contributed by atoms with Crippen molar-refractivity contribution in [3.05, 3.63) is 59.7 Å². The number of ketones is 1. The minimum absolute atomic E-state index is 0.0335. The van der Waals surface area contributed by atoms with Crippen LogP contribution in [0.4, 0.5) is 0 Å². The normalized spacial score (nSPS) is 11.5. The fourth-order valence-electron chi connectivity index (χ4n) is 3.83. The third-order valence-electron chi connectivity index (χ3n) is 5.74. The van der Waals surface area contributed by atoms with Gasteiger partial charge in [-0.05, 0) is 31.4 Å². The number of benzene rings is 2. The van der Waals surface area contributed by atoms with Gasteiger partial charge in [-0.2, -0.15) is 0 Å². The zero-order chi connectivity index (χ0) is 23.2. The SMILES string of the molecule is C[N+](C)(C)CCCCCCCCCCCCOc1ccc(C(=O)c2ccccc2)c(O)c1. The largest absolute Gasteiger partial charge is 0.507 e. The first kappa shape index (κ1) is 25.9. The van der Waals surface area contributed by atoms with Crippen LogP contribution >= 0.6 is 0 Å². The van der Waals surface area contributed by atoms with E-state index < -0.39 is 0 Å². The van der Waals surface area contributed by atoms with E-state index in [0.29, 0.717) is 23.5 Å². The Bertz CT molecular complexity index is 796. The van der Waals surface area contributed by atoms with E-state index in [-0.39, 0.29) is 11.5 Å². The van der Waals surface area contributed by atoms with Gasteiger partial charge in [-0.3, -0.25) is 4.79 Å². The summed E-state index contributed by atoms with van der Waals surface area (Å²) in [5, 5.41) is 10.2. The van der Waals surface area contributed by atoms with Crippen LogP contribution in [-0.2, 0) is 0 Å². The zero-order valence-corrected chi connectivity index (χ0v) is 20.3. The molecule has 0 aliphatic heterocycles. The molecule has 0 bridgehead atoms. The van der Waals surface area contributed by atoms with Gasteiger partial charge < -0.3 is 14.3 Å². The number of ether oxygens (including phenoxy) is 1. The number of phenolic OH excluding ortho intramolecular Hbond substituents is 1. The number of quaternary nitrogens is 1. The zero-order valence-electron chi connectivity index (χ0n) is 20.3. The molecule has 0 aliphatic carbocycles. The summed E-state index contributed by atoms with van der Waals surface area (Å²) in [5.74, 6) is 0.394. The number of aromatic hydroxyl groups is 1. The minimum Gasteiger partial charge on any atom is -0.507 e. The molecule has 0 spiro atoms. The van der Waals surface area contributed by atoms with Crippen LogP contribution < -0.4 is 4.74 Å². The molecule has 2 rings (SSSR count). The Kier molecular flexibility index (Phi) is 11.3. The number of rotatable bonds is 16. The lowest BCUT2D eigenvalue weighted by molar-refractivity contribution is -0.870. The Labute approximate surface area is 194 Å². The number of hydrogen-bond acceptors (Lipinski definition) is 3. The third kappa shape index (κ3) is 10.3. The molecule has 0 saturated carbocycles. The van der Waals surface area contributed by atoms with Crippen LogP contribution in [-0.4, -0.2) is 49.7 Å². The van der Waals surface area contributed by atoms with Gasteiger partial charge in [0.2, 0.25) is 0 Å². The lowest BCUT2D eigenvalue weighted by Gasteiger charge is -2.23. The molecule has 0 saturated heterocycles. The molecular weight excluding hydrogens is 398 g/mol. The van der Waals surface area contributed by atoms with Crippen LogP contribution in [0.2, 0.25) is 0 Å². The molecule has 1 N–H and O–H groups in total. The Morgan fingerprint density at radius 2 is 1.34 bits per heavy atom. The van der Waals surface area contributed by atoms with Crippen LogP contribution in [0.15, 0.2) is 48.5 Å². The highest BCUT2D eigenvalue weighted by molar-refractivity contribution is 6.10. The van der Waals surface area contributed by atoms with Crippen molar-refractivity contribution in [2.75, 3.05) is 34.3 Å². The van der Waals surface area contributed by atoms with Crippen molar-refractivity contribution in [2.45, 2.75) is 64.2 Å². The van der Waals surface area contributed by atoms with Crippen LogP contribution in [0.3, 0.4) is 0 Å². The Morgan fingerprint density at radius 1 is 0.781 bits per heavy atom. The number of phenols is 1. The van der Waals surface area contributed by atoms with Gasteiger partial charge in [0.15, 0.2) is 5.78 Å². The summed E-state index contributed by atoms with van der Waals surface area (Å²) >= 11 is 0. The predicted octanol–water partition coefficient (Wildman–Crippen LogP) is 6.61. The minimum atomic E-state index is -0.182. The van der Waals surface area contributed by atoms with Crippen molar-refractivity contribution in [3.63, 3.8) is 0 Å². The van der Waals surface area contributed by atoms with Crippen LogP contribution in [0.5, 0.6) is 11.5 Å². The van der Waals surface area contributed by atoms with Crippen LogP contribution in [0.1, 0.15) is 80.1 Å². The molecule has 2 aromatic rings. The van der Waals surface area contributed by atoms with E-state index in [9.17, 15) is 9.90 Å². The van der Waals surface area contributed by atoms with Gasteiger partial charge >= 0.3 is 0 Å². The first-order valence-electron chi connectivity index (χ1n) is 12.2. The molecule has 0 amide bonds. The summed E-state index contributed by atoms with van der Waals surface area (Å²) in [5.41, 5.74) is 0.869. The Hall–Kier alpha value is -2.33. The molecule has 0 aliphatic rings. The summed E-state index contributed by atoms with van der Waals surface area (Å²) in [6.07, 6.45) is 12.9. The van der Waals surface area contributed by atoms with Crippen LogP contribution in [0.25, 0.3) is 0 Å². The van der Waals surface area contributed by atoms with E-state index in [4.69, 9.17) is 4.74 Å². The van der Waals surface area contributed by atoms with Gasteiger partial charge in [0.25, 0.3) is 0 Å². The molecule has 2 aromatic carbocycles. The second-order valence-electron chi connectivity index (χ2n) is 9.77. The predicted molar refractivity (Wildman–Crippen MR) is 133 cm³/mol. The fraction of sp³-hybridized carbons (Fsp3) is 0.536. The first-order chi connectivity index (χ1) is 15.4. The highest BCUT2D eigenvalue weighted by Crippen LogP contribution is 2.26. The van der Waals surface area contributed by atoms with Gasteiger partial charge in [-0.1, -0.05) is 75.3 Å². The summed E-state index contributed by atoms with van der Waals surface area (Å²) < 4.78 is 6.83. The lowest BCUT2D eigenvalue weighted by Crippen LogP contribution is -2.35. The second-order valence-corrected chi connectivity index (χ2v) is 9.77. The maximum absolute atomic E-state index is 12.5. The summed E-state index contributed by atoms with van der Waals surface area (Å²) in [6, 6.07) is 13.9. The third-order valence-corrected chi connectivity index (χ3v) is 5.74. The standard InChI is InChI=1S/C28H41NO3/c1-29(2,3)21-15-10-8-6-4-5-7-9-11-16-22-32-25-19-20-26(27(30)23-25)28(31)24-17-13-12-14-18-24/h12-14,17-20,23H,4-11,15-16,21-22H2,1-3H3/p+1. The van der Waals surface area contributed by atoms with Crippen molar-refractivity contribution in [1.82, 2.24) is 0 Å². The Morgan fingerprint density at radius 3 is 1.91 bits per heavy atom. The Balaban J connectivity index is 1.52. The number of unbranched alkanes of at least 4 members (excludes halogenated alkanes) is 9. The topological polar surface area (TPSA) is 46.5 Å². The maximum atomic E-state index is 12.5. The maximum Gasteiger partial charge on any atom is 0.196 e. The average molecular weight is 441 g/mol. The van der Waals surface area contributed by atoms with Crippen molar-refractivity contribution < 1.29 is 19.1 Å². The highest BCUT2D eigenvalue weighted by atomic mass is 16.5. The van der Waals surface area contributed by atoms with Crippen LogP contribution in [0, 0.1) is 0 Å². The van der Waals surface area contributed by atoms with Crippen molar-refractivity contribution in [3.8, 4) is 11.5 Å². The summed E-state index contributed by atoms with van der Waals surface area (Å²) in [7, 11) is 6.79. The monoisotopic (exact) mass is 440 g/mol. The van der Waals surface area contributed by atoms with Crippen molar-refractivity contribution in [2.24, 2.45) is 0 Å². The van der Waals surface area contributed by atoms with E-state index in [1.165, 1.54) is 70.4 Å². The molecule has 0 heterocycles.